The Hall–Kier alpha value is -1.10. The van der Waals surface area contributed by atoms with Gasteiger partial charge in [0.15, 0.2) is 0 Å². The van der Waals surface area contributed by atoms with E-state index in [1.54, 1.807) is 0 Å². The summed E-state index contributed by atoms with van der Waals surface area (Å²) in [6.07, 6.45) is -5.63. The summed E-state index contributed by atoms with van der Waals surface area (Å²) in [6.45, 7) is -2.15. The molecule has 5 aliphatic rings. The fraction of sp³-hybridized carbons (Fsp3) is 0.947. The van der Waals surface area contributed by atoms with Crippen molar-refractivity contribution >= 4 is 5.97 Å². The van der Waals surface area contributed by atoms with Gasteiger partial charge < -0.3 is 14.6 Å². The van der Waals surface area contributed by atoms with Gasteiger partial charge in [0, 0.05) is 0 Å². The van der Waals surface area contributed by atoms with Crippen LogP contribution in [0.1, 0.15) is 32.1 Å². The van der Waals surface area contributed by atoms with Crippen molar-refractivity contribution in [3.63, 3.8) is 0 Å². The quantitative estimate of drug-likeness (QED) is 0.399. The Kier molecular flexibility index (Phi) is 4.17. The van der Waals surface area contributed by atoms with Crippen LogP contribution in [0, 0.1) is 41.4 Å². The van der Waals surface area contributed by atoms with Gasteiger partial charge in [0.1, 0.15) is 6.61 Å². The van der Waals surface area contributed by atoms with Crippen LogP contribution in [0.3, 0.4) is 0 Å². The molecule has 9 unspecified atom stereocenters. The first-order valence-electron chi connectivity index (χ1n) is 10.2. The highest BCUT2D eigenvalue weighted by Gasteiger charge is 2.81. The molecule has 4 nitrogen and oxygen atoms in total. The van der Waals surface area contributed by atoms with E-state index in [4.69, 9.17) is 0 Å². The number of rotatable bonds is 2. The summed E-state index contributed by atoms with van der Waals surface area (Å²) in [6, 6.07) is 0. The fourth-order valence-corrected chi connectivity index (χ4v) is 7.29. The minimum absolute atomic E-state index is 0.175. The van der Waals surface area contributed by atoms with E-state index in [-0.39, 0.29) is 17.8 Å². The lowest BCUT2D eigenvalue weighted by Gasteiger charge is -2.46. The van der Waals surface area contributed by atoms with E-state index in [0.29, 0.717) is 30.6 Å². The molecule has 1 saturated heterocycles. The summed E-state index contributed by atoms with van der Waals surface area (Å²) < 4.78 is 104. The Morgan fingerprint density at radius 2 is 1.60 bits per heavy atom. The van der Waals surface area contributed by atoms with Gasteiger partial charge in [-0.25, -0.2) is 0 Å². The normalized spacial score (nSPS) is 50.5. The van der Waals surface area contributed by atoms with Crippen LogP contribution in [0.4, 0.5) is 30.7 Å². The molecule has 1 aliphatic heterocycles. The average molecular weight is 446 g/mol. The van der Waals surface area contributed by atoms with Crippen LogP contribution in [0.2, 0.25) is 0 Å². The standard InChI is InChI=1S/C19H21F7O4/c20-16(21)6-29-18(28,19(24,25)26)17(22,23)15(16)30-14(27)11-5-9-4-10(11)13-8-2-1-7(3-8)12(9)13/h7-13,15,28H,1-6H2. The van der Waals surface area contributed by atoms with Gasteiger partial charge in [0.25, 0.3) is 0 Å². The number of hydrogen-bond acceptors (Lipinski definition) is 4. The first-order valence-corrected chi connectivity index (χ1v) is 10.2. The highest BCUT2D eigenvalue weighted by atomic mass is 19.4. The molecule has 0 aromatic rings. The zero-order chi connectivity index (χ0) is 21.9. The number of alkyl halides is 7. The second kappa shape index (κ2) is 6.02. The first-order chi connectivity index (χ1) is 13.8. The van der Waals surface area contributed by atoms with Gasteiger partial charge in [-0.2, -0.15) is 30.7 Å². The lowest BCUT2D eigenvalue weighted by Crippen LogP contribution is -2.74. The average Bonchev–Trinajstić information content (AvgIpc) is 3.40. The van der Waals surface area contributed by atoms with Gasteiger partial charge in [-0.05, 0) is 67.6 Å². The second-order valence-electron chi connectivity index (χ2n) is 9.62. The Balaban J connectivity index is 1.37. The highest BCUT2D eigenvalue weighted by molar-refractivity contribution is 5.74. The van der Waals surface area contributed by atoms with Crippen molar-refractivity contribution in [2.24, 2.45) is 41.4 Å². The van der Waals surface area contributed by atoms with Crippen molar-refractivity contribution in [1.82, 2.24) is 0 Å². The summed E-state index contributed by atoms with van der Waals surface area (Å²) in [4.78, 5) is 12.6. The minimum Gasteiger partial charge on any atom is -0.449 e. The summed E-state index contributed by atoms with van der Waals surface area (Å²) in [7, 11) is 0. The fourth-order valence-electron chi connectivity index (χ4n) is 7.29. The Labute approximate surface area is 167 Å². The number of carbonyl (C=O) groups is 1. The van der Waals surface area contributed by atoms with Gasteiger partial charge in [-0.1, -0.05) is 0 Å². The van der Waals surface area contributed by atoms with Crippen LogP contribution in [0.5, 0.6) is 0 Å². The largest absolute Gasteiger partial charge is 0.449 e. The number of esters is 1. The molecule has 30 heavy (non-hydrogen) atoms. The molecule has 1 heterocycles. The molecule has 5 rings (SSSR count). The molecule has 4 saturated carbocycles. The van der Waals surface area contributed by atoms with E-state index in [2.05, 4.69) is 9.47 Å². The summed E-state index contributed by atoms with van der Waals surface area (Å²) in [5.41, 5.74) is 0. The third-order valence-corrected chi connectivity index (χ3v) is 8.29. The van der Waals surface area contributed by atoms with Crippen LogP contribution >= 0.6 is 0 Å². The summed E-state index contributed by atoms with van der Waals surface area (Å²) >= 11 is 0. The van der Waals surface area contributed by atoms with Crippen LogP contribution < -0.4 is 0 Å². The Bertz CT molecular complexity index is 756. The second-order valence-corrected chi connectivity index (χ2v) is 9.62. The Morgan fingerprint density at radius 1 is 0.967 bits per heavy atom. The maximum Gasteiger partial charge on any atom is 0.449 e. The topological polar surface area (TPSA) is 55.8 Å². The van der Waals surface area contributed by atoms with Gasteiger partial charge in [0.2, 0.25) is 6.10 Å². The van der Waals surface area contributed by atoms with Crippen molar-refractivity contribution < 1.29 is 50.1 Å². The smallest absolute Gasteiger partial charge is 0.449 e. The van der Waals surface area contributed by atoms with E-state index in [1.165, 1.54) is 0 Å². The highest BCUT2D eigenvalue weighted by Crippen LogP contribution is 2.69. The van der Waals surface area contributed by atoms with Crippen LogP contribution in [-0.4, -0.2) is 47.6 Å². The molecular formula is C19H21F7O4. The number of aliphatic hydroxyl groups is 1. The third kappa shape index (κ3) is 2.50. The van der Waals surface area contributed by atoms with Gasteiger partial charge in [0.05, 0.1) is 5.92 Å². The third-order valence-electron chi connectivity index (χ3n) is 8.29. The SMILES string of the molecule is O=C(OC1C(F)(F)COC(O)(C(F)(F)F)C1(F)F)C1CC2CC1C1C3CCC(C3)C21. The van der Waals surface area contributed by atoms with E-state index in [1.807, 2.05) is 0 Å². The van der Waals surface area contributed by atoms with Crippen LogP contribution in [-0.2, 0) is 14.3 Å². The van der Waals surface area contributed by atoms with Gasteiger partial charge >= 0.3 is 29.8 Å². The molecule has 9 atom stereocenters. The van der Waals surface area contributed by atoms with Crippen LogP contribution in [0.25, 0.3) is 0 Å². The van der Waals surface area contributed by atoms with E-state index in [0.717, 1.165) is 19.3 Å². The molecule has 11 heteroatoms. The minimum atomic E-state index is -6.07. The lowest BCUT2D eigenvalue weighted by atomic mass is 9.67. The van der Waals surface area contributed by atoms with E-state index >= 15 is 0 Å². The summed E-state index contributed by atoms with van der Waals surface area (Å²) in [5, 5.41) is 9.39. The number of ether oxygens (including phenoxy) is 2. The molecule has 4 bridgehead atoms. The van der Waals surface area contributed by atoms with Crippen molar-refractivity contribution in [3.8, 4) is 0 Å². The Morgan fingerprint density at radius 3 is 2.23 bits per heavy atom. The molecule has 0 spiro atoms. The lowest BCUT2D eigenvalue weighted by molar-refractivity contribution is -0.479. The molecule has 0 aromatic carbocycles. The zero-order valence-electron chi connectivity index (χ0n) is 15.7. The maximum atomic E-state index is 14.4. The number of halogens is 7. The predicted octanol–water partition coefficient (Wildman–Crippen LogP) is 3.77. The van der Waals surface area contributed by atoms with Gasteiger partial charge in [-0.3, -0.25) is 4.79 Å². The monoisotopic (exact) mass is 446 g/mol. The first kappa shape index (κ1) is 20.8. The molecule has 170 valence electrons. The molecule has 4 aliphatic carbocycles. The van der Waals surface area contributed by atoms with Crippen molar-refractivity contribution in [1.29, 1.82) is 0 Å². The molecule has 1 N–H and O–H groups in total. The predicted molar refractivity (Wildman–Crippen MR) is 84.2 cm³/mol. The maximum absolute atomic E-state index is 14.4. The number of hydrogen-bond donors (Lipinski definition) is 1. The molecule has 0 radical (unpaired) electrons. The molecule has 0 amide bonds. The number of fused-ring (bicyclic) bond motifs is 9. The van der Waals surface area contributed by atoms with E-state index in [9.17, 15) is 40.6 Å². The van der Waals surface area contributed by atoms with Gasteiger partial charge in [-0.15, -0.1) is 0 Å². The summed E-state index contributed by atoms with van der Waals surface area (Å²) in [5.74, 6) is -15.9. The van der Waals surface area contributed by atoms with Crippen molar-refractivity contribution in [2.45, 2.75) is 62.0 Å². The van der Waals surface area contributed by atoms with E-state index < -0.39 is 48.4 Å². The molecule has 5 fully saturated rings. The molecule has 0 aromatic heterocycles. The van der Waals surface area contributed by atoms with Crippen molar-refractivity contribution in [2.75, 3.05) is 6.61 Å². The van der Waals surface area contributed by atoms with Crippen molar-refractivity contribution in [3.05, 3.63) is 0 Å². The number of carbonyl (C=O) groups excluding carboxylic acids is 1. The molecular weight excluding hydrogens is 425 g/mol. The van der Waals surface area contributed by atoms with Crippen LogP contribution in [0.15, 0.2) is 0 Å². The zero-order valence-corrected chi connectivity index (χ0v) is 15.7.